The van der Waals surface area contributed by atoms with Crippen LogP contribution in [0.2, 0.25) is 10.0 Å². The molecule has 2 heterocycles. The van der Waals surface area contributed by atoms with Crippen LogP contribution in [0.1, 0.15) is 36.9 Å². The van der Waals surface area contributed by atoms with Gasteiger partial charge in [-0.3, -0.25) is 14.5 Å². The van der Waals surface area contributed by atoms with Gasteiger partial charge in [0.1, 0.15) is 11.5 Å². The molecule has 0 aliphatic carbocycles. The lowest BCUT2D eigenvalue weighted by Gasteiger charge is -2.23. The van der Waals surface area contributed by atoms with Crippen molar-refractivity contribution < 1.29 is 19.4 Å². The molecule has 0 radical (unpaired) electrons. The summed E-state index contributed by atoms with van der Waals surface area (Å²) in [6, 6.07) is 18.0. The normalized spacial score (nSPS) is 17.1. The Kier molecular flexibility index (Phi) is 7.20. The summed E-state index contributed by atoms with van der Waals surface area (Å²) in [7, 11) is 0. The zero-order chi connectivity index (χ0) is 26.1. The molecule has 1 aromatic heterocycles. The van der Waals surface area contributed by atoms with Crippen LogP contribution in [0.25, 0.3) is 16.0 Å². The van der Waals surface area contributed by atoms with Crippen LogP contribution in [-0.4, -0.2) is 28.4 Å². The van der Waals surface area contributed by atoms with E-state index in [1.54, 1.807) is 66.7 Å². The Labute approximate surface area is 227 Å². The van der Waals surface area contributed by atoms with Crippen LogP contribution < -0.4 is 9.64 Å². The number of benzene rings is 3. The summed E-state index contributed by atoms with van der Waals surface area (Å²) in [5, 5.41) is 12.7. The van der Waals surface area contributed by atoms with Crippen molar-refractivity contribution in [2.45, 2.75) is 25.8 Å². The van der Waals surface area contributed by atoms with Crippen LogP contribution >= 0.6 is 34.5 Å². The molecule has 0 bridgehead atoms. The number of Topliss-reactive ketones (excluding diaryl/α,β-unsaturated/α-hetero) is 1. The Hall–Kier alpha value is -3.39. The summed E-state index contributed by atoms with van der Waals surface area (Å²) in [5.74, 6) is -1.32. The molecule has 1 amide bonds. The third-order valence-corrected chi connectivity index (χ3v) is 7.52. The molecular weight excluding hydrogens is 531 g/mol. The van der Waals surface area contributed by atoms with Crippen molar-refractivity contribution in [1.82, 2.24) is 4.98 Å². The number of amides is 1. The second-order valence-electron chi connectivity index (χ2n) is 8.56. The third kappa shape index (κ3) is 4.94. The number of fused-ring (bicyclic) bond motifs is 1. The van der Waals surface area contributed by atoms with E-state index < -0.39 is 17.7 Å². The van der Waals surface area contributed by atoms with E-state index in [1.807, 2.05) is 0 Å². The average molecular weight is 553 g/mol. The van der Waals surface area contributed by atoms with E-state index in [2.05, 4.69) is 11.9 Å². The molecule has 1 saturated heterocycles. The molecule has 1 atom stereocenters. The van der Waals surface area contributed by atoms with Gasteiger partial charge in [-0.1, -0.05) is 72.1 Å². The van der Waals surface area contributed by atoms with Crippen molar-refractivity contribution in [2.24, 2.45) is 0 Å². The van der Waals surface area contributed by atoms with Crippen LogP contribution in [0, 0.1) is 0 Å². The number of hydrogen-bond acceptors (Lipinski definition) is 6. The van der Waals surface area contributed by atoms with Crippen molar-refractivity contribution in [2.75, 3.05) is 11.5 Å². The van der Waals surface area contributed by atoms with Crippen LogP contribution in [0.5, 0.6) is 5.75 Å². The van der Waals surface area contributed by atoms with Gasteiger partial charge in [0.2, 0.25) is 0 Å². The standard InChI is InChI=1S/C28H22Cl2N2O4S/c1-2-3-12-36-20-9-5-7-17(14-20)25(33)23-24(16-6-4-8-18(29)13-16)32(27(35)26(23)34)28-31-21-11-10-19(30)15-22(21)37-28/h4-11,13-15,24,33H,2-3,12H2,1H3/b25-23+. The van der Waals surface area contributed by atoms with Crippen LogP contribution in [0.4, 0.5) is 5.13 Å². The second kappa shape index (κ2) is 10.5. The molecule has 1 N–H and O–H groups in total. The summed E-state index contributed by atoms with van der Waals surface area (Å²) < 4.78 is 6.55. The van der Waals surface area contributed by atoms with Crippen molar-refractivity contribution in [1.29, 1.82) is 0 Å². The lowest BCUT2D eigenvalue weighted by Crippen LogP contribution is -2.29. The van der Waals surface area contributed by atoms with Gasteiger partial charge < -0.3 is 9.84 Å². The summed E-state index contributed by atoms with van der Waals surface area (Å²) in [6.07, 6.45) is 1.88. The minimum atomic E-state index is -0.931. The fourth-order valence-corrected chi connectivity index (χ4v) is 5.70. The van der Waals surface area contributed by atoms with Gasteiger partial charge in [0.25, 0.3) is 5.78 Å². The van der Waals surface area contributed by atoms with E-state index in [4.69, 9.17) is 27.9 Å². The average Bonchev–Trinajstić information content (AvgIpc) is 3.41. The van der Waals surface area contributed by atoms with Crippen LogP contribution in [-0.2, 0) is 9.59 Å². The molecule has 9 heteroatoms. The summed E-state index contributed by atoms with van der Waals surface area (Å²) >= 11 is 13.7. The second-order valence-corrected chi connectivity index (χ2v) is 10.4. The molecule has 5 rings (SSSR count). The zero-order valence-corrected chi connectivity index (χ0v) is 22.1. The predicted molar refractivity (Wildman–Crippen MR) is 148 cm³/mol. The number of rotatable bonds is 7. The van der Waals surface area contributed by atoms with Crippen molar-refractivity contribution in [3.63, 3.8) is 0 Å². The smallest absolute Gasteiger partial charge is 0.301 e. The van der Waals surface area contributed by atoms with Gasteiger partial charge in [0, 0.05) is 15.6 Å². The van der Waals surface area contributed by atoms with Gasteiger partial charge in [-0.25, -0.2) is 4.98 Å². The number of carbonyl (C=O) groups excluding carboxylic acids is 2. The van der Waals surface area contributed by atoms with Gasteiger partial charge in [-0.15, -0.1) is 0 Å². The number of unbranched alkanes of at least 4 members (excludes halogenated alkanes) is 1. The molecule has 1 aliphatic rings. The molecule has 37 heavy (non-hydrogen) atoms. The number of aliphatic hydroxyl groups excluding tert-OH is 1. The van der Waals surface area contributed by atoms with Crippen molar-refractivity contribution in [3.05, 3.63) is 93.5 Å². The Morgan fingerprint density at radius 3 is 2.62 bits per heavy atom. The fraction of sp³-hybridized carbons (Fsp3) is 0.179. The van der Waals surface area contributed by atoms with Gasteiger partial charge in [-0.2, -0.15) is 0 Å². The number of ether oxygens (including phenoxy) is 1. The van der Waals surface area contributed by atoms with E-state index in [-0.39, 0.29) is 11.3 Å². The summed E-state index contributed by atoms with van der Waals surface area (Å²) in [6.45, 7) is 2.61. The topological polar surface area (TPSA) is 79.7 Å². The highest BCUT2D eigenvalue weighted by Gasteiger charge is 2.48. The van der Waals surface area contributed by atoms with Crippen LogP contribution in [0.3, 0.4) is 0 Å². The van der Waals surface area contributed by atoms with Crippen molar-refractivity contribution in [3.8, 4) is 5.75 Å². The Morgan fingerprint density at radius 2 is 1.84 bits per heavy atom. The molecule has 1 aliphatic heterocycles. The molecular formula is C28H22Cl2N2O4S. The maximum atomic E-state index is 13.4. The highest BCUT2D eigenvalue weighted by Crippen LogP contribution is 2.45. The van der Waals surface area contributed by atoms with Gasteiger partial charge in [0.15, 0.2) is 5.13 Å². The first-order valence-electron chi connectivity index (χ1n) is 11.7. The minimum Gasteiger partial charge on any atom is -0.507 e. The lowest BCUT2D eigenvalue weighted by molar-refractivity contribution is -0.132. The highest BCUT2D eigenvalue weighted by molar-refractivity contribution is 7.22. The lowest BCUT2D eigenvalue weighted by atomic mass is 9.95. The summed E-state index contributed by atoms with van der Waals surface area (Å²) in [5.41, 5.74) is 1.54. The maximum Gasteiger partial charge on any atom is 0.301 e. The maximum absolute atomic E-state index is 13.4. The number of ketones is 1. The van der Waals surface area contributed by atoms with Gasteiger partial charge in [-0.05, 0) is 54.4 Å². The minimum absolute atomic E-state index is 0.0461. The molecule has 4 aromatic rings. The first-order valence-corrected chi connectivity index (χ1v) is 13.3. The quantitative estimate of drug-likeness (QED) is 0.112. The largest absolute Gasteiger partial charge is 0.507 e. The fourth-order valence-electron chi connectivity index (χ4n) is 4.23. The molecule has 6 nitrogen and oxygen atoms in total. The molecule has 1 unspecified atom stereocenters. The monoisotopic (exact) mass is 552 g/mol. The van der Waals surface area contributed by atoms with E-state index in [0.29, 0.717) is 44.2 Å². The molecule has 3 aromatic carbocycles. The van der Waals surface area contributed by atoms with Crippen LogP contribution in [0.15, 0.2) is 72.3 Å². The van der Waals surface area contributed by atoms with E-state index >= 15 is 0 Å². The molecule has 0 spiro atoms. The van der Waals surface area contributed by atoms with Gasteiger partial charge in [0.05, 0.1) is 28.4 Å². The first kappa shape index (κ1) is 25.3. The number of anilines is 1. The third-order valence-electron chi connectivity index (χ3n) is 6.03. The number of carbonyl (C=O) groups is 2. The Balaban J connectivity index is 1.65. The Morgan fingerprint density at radius 1 is 1.05 bits per heavy atom. The number of thiazole rings is 1. The number of hydrogen-bond donors (Lipinski definition) is 1. The van der Waals surface area contributed by atoms with Gasteiger partial charge >= 0.3 is 5.91 Å². The number of aromatic nitrogens is 1. The SMILES string of the molecule is CCCCOc1cccc(/C(O)=C2\C(=O)C(=O)N(c3nc4ccc(Cl)cc4s3)C2c2cccc(Cl)c2)c1. The molecule has 1 fully saturated rings. The molecule has 0 saturated carbocycles. The summed E-state index contributed by atoms with van der Waals surface area (Å²) in [4.78, 5) is 32.8. The first-order chi connectivity index (χ1) is 17.9. The van der Waals surface area contributed by atoms with E-state index in [0.717, 1.165) is 17.5 Å². The number of nitrogens with zero attached hydrogens (tertiary/aromatic N) is 2. The van der Waals surface area contributed by atoms with Crippen molar-refractivity contribution >= 4 is 67.3 Å². The Bertz CT molecular complexity index is 1550. The number of aliphatic hydroxyl groups is 1. The highest BCUT2D eigenvalue weighted by atomic mass is 35.5. The van der Waals surface area contributed by atoms with E-state index in [9.17, 15) is 14.7 Å². The van der Waals surface area contributed by atoms with E-state index in [1.165, 1.54) is 16.2 Å². The number of halogens is 2. The molecule has 188 valence electrons. The predicted octanol–water partition coefficient (Wildman–Crippen LogP) is 7.41. The zero-order valence-electron chi connectivity index (χ0n) is 19.8.